The summed E-state index contributed by atoms with van der Waals surface area (Å²) < 4.78 is 31.2. The largest absolute Gasteiger partial charge is 0.502 e. The Morgan fingerprint density at radius 3 is 1.14 bits per heavy atom. The maximum atomic E-state index is 13.0. The molecule has 2 N–H and O–H groups in total. The Morgan fingerprint density at radius 1 is 0.639 bits per heavy atom. The summed E-state index contributed by atoms with van der Waals surface area (Å²) in [6, 6.07) is 5.86. The first-order valence-electron chi connectivity index (χ1n) is 10.9. The lowest BCUT2D eigenvalue weighted by atomic mass is 9.99. The number of hydrogen-bond donors (Lipinski definition) is 2. The van der Waals surface area contributed by atoms with Crippen LogP contribution >= 0.6 is 0 Å². The van der Waals surface area contributed by atoms with Gasteiger partial charge in [-0.05, 0) is 61.4 Å². The number of ether oxygens (including phenoxy) is 6. The van der Waals surface area contributed by atoms with Gasteiger partial charge in [0, 0.05) is 0 Å². The van der Waals surface area contributed by atoms with Gasteiger partial charge in [0.05, 0.1) is 52.8 Å². The molecule has 0 aliphatic rings. The number of methoxy groups -OCH3 is 4. The molecule has 0 amide bonds. The fourth-order valence-electron chi connectivity index (χ4n) is 3.24. The van der Waals surface area contributed by atoms with Crippen molar-refractivity contribution in [2.75, 3.05) is 41.7 Å². The topological polar surface area (TPSA) is 130 Å². The Bertz CT molecular complexity index is 1020. The van der Waals surface area contributed by atoms with Gasteiger partial charge in [0.1, 0.15) is 0 Å². The minimum Gasteiger partial charge on any atom is -0.502 e. The van der Waals surface area contributed by atoms with Crippen molar-refractivity contribution in [3.8, 4) is 34.5 Å². The molecule has 0 aromatic heterocycles. The highest BCUT2D eigenvalue weighted by molar-refractivity contribution is 6.12. The van der Waals surface area contributed by atoms with Gasteiger partial charge >= 0.3 is 11.9 Å². The van der Waals surface area contributed by atoms with Gasteiger partial charge in [0.25, 0.3) is 0 Å². The van der Waals surface area contributed by atoms with Crippen molar-refractivity contribution >= 4 is 24.1 Å². The number of carbonyl (C=O) groups excluding carboxylic acids is 2. The van der Waals surface area contributed by atoms with E-state index in [1.54, 1.807) is 13.8 Å². The van der Waals surface area contributed by atoms with E-state index in [2.05, 4.69) is 0 Å². The van der Waals surface area contributed by atoms with E-state index in [0.717, 1.165) is 0 Å². The first-order chi connectivity index (χ1) is 17.2. The number of benzene rings is 2. The Balaban J connectivity index is 2.84. The van der Waals surface area contributed by atoms with E-state index in [1.807, 2.05) is 0 Å². The maximum Gasteiger partial charge on any atom is 0.339 e. The van der Waals surface area contributed by atoms with Gasteiger partial charge in [0.15, 0.2) is 23.0 Å². The van der Waals surface area contributed by atoms with Crippen LogP contribution in [-0.4, -0.2) is 63.8 Å². The summed E-state index contributed by atoms with van der Waals surface area (Å²) in [6.45, 7) is 3.36. The summed E-state index contributed by atoms with van der Waals surface area (Å²) in [4.78, 5) is 26.0. The van der Waals surface area contributed by atoms with E-state index in [1.165, 1.54) is 64.9 Å². The summed E-state index contributed by atoms with van der Waals surface area (Å²) in [6.07, 6.45) is 2.78. The first-order valence-corrected chi connectivity index (χ1v) is 10.9. The van der Waals surface area contributed by atoms with E-state index in [4.69, 9.17) is 28.4 Å². The standard InChI is InChI=1S/C26H30O10/c1-7-35-25(29)17(9-15-11-19(31-3)23(27)20(12-15)32-4)18(26(30)36-8-2)10-16-13-21(33-5)24(28)22(14-16)34-6/h9-14,27-28H,7-8H2,1-6H3/b17-9+,18-10+. The average molecular weight is 503 g/mol. The second-order valence-electron chi connectivity index (χ2n) is 7.11. The summed E-state index contributed by atoms with van der Waals surface area (Å²) >= 11 is 0. The van der Waals surface area contributed by atoms with Crippen LogP contribution in [0.5, 0.6) is 34.5 Å². The number of carbonyl (C=O) groups is 2. The number of aromatic hydroxyl groups is 2. The number of phenols is 2. The molecule has 10 nitrogen and oxygen atoms in total. The zero-order valence-electron chi connectivity index (χ0n) is 21.0. The highest BCUT2D eigenvalue weighted by Crippen LogP contribution is 2.39. The van der Waals surface area contributed by atoms with Crippen LogP contribution in [-0.2, 0) is 19.1 Å². The molecule has 0 radical (unpaired) electrons. The van der Waals surface area contributed by atoms with Crippen LogP contribution in [0.4, 0.5) is 0 Å². The molecule has 194 valence electrons. The molecule has 0 fully saturated rings. The molecule has 2 aromatic rings. The van der Waals surface area contributed by atoms with Crippen LogP contribution in [0.15, 0.2) is 35.4 Å². The lowest BCUT2D eigenvalue weighted by Crippen LogP contribution is -2.17. The van der Waals surface area contributed by atoms with Crippen LogP contribution in [0.25, 0.3) is 12.2 Å². The molecule has 0 unspecified atom stereocenters. The Morgan fingerprint density at radius 2 is 0.917 bits per heavy atom. The Labute approximate surface area is 209 Å². The van der Waals surface area contributed by atoms with Gasteiger partial charge in [0.2, 0.25) is 11.5 Å². The molecular formula is C26H30O10. The summed E-state index contributed by atoms with van der Waals surface area (Å²) in [7, 11) is 5.46. The van der Waals surface area contributed by atoms with Crippen molar-refractivity contribution in [2.24, 2.45) is 0 Å². The molecule has 0 bridgehead atoms. The van der Waals surface area contributed by atoms with Crippen LogP contribution < -0.4 is 18.9 Å². The van der Waals surface area contributed by atoms with Crippen molar-refractivity contribution in [1.82, 2.24) is 0 Å². The van der Waals surface area contributed by atoms with Gasteiger partial charge in [-0.2, -0.15) is 0 Å². The number of rotatable bonds is 11. The van der Waals surface area contributed by atoms with Crippen molar-refractivity contribution in [2.45, 2.75) is 13.8 Å². The highest BCUT2D eigenvalue weighted by atomic mass is 16.5. The van der Waals surface area contributed by atoms with Crippen molar-refractivity contribution in [3.63, 3.8) is 0 Å². The molecule has 0 atom stereocenters. The monoisotopic (exact) mass is 502 g/mol. The second kappa shape index (κ2) is 12.9. The van der Waals surface area contributed by atoms with E-state index in [-0.39, 0.29) is 58.9 Å². The zero-order chi connectivity index (χ0) is 26.8. The smallest absolute Gasteiger partial charge is 0.339 e. The van der Waals surface area contributed by atoms with Crippen molar-refractivity contribution in [1.29, 1.82) is 0 Å². The van der Waals surface area contributed by atoms with Crippen LogP contribution in [0, 0.1) is 0 Å². The molecule has 0 spiro atoms. The van der Waals surface area contributed by atoms with E-state index in [9.17, 15) is 19.8 Å². The van der Waals surface area contributed by atoms with Crippen LogP contribution in [0.3, 0.4) is 0 Å². The Kier molecular flexibility index (Phi) is 10.0. The third-order valence-corrected chi connectivity index (χ3v) is 4.91. The molecule has 0 aliphatic carbocycles. The maximum absolute atomic E-state index is 13.0. The minimum absolute atomic E-state index is 0.0509. The third-order valence-electron chi connectivity index (χ3n) is 4.91. The van der Waals surface area contributed by atoms with Gasteiger partial charge in [-0.25, -0.2) is 9.59 Å². The third kappa shape index (κ3) is 6.41. The molecule has 36 heavy (non-hydrogen) atoms. The zero-order valence-corrected chi connectivity index (χ0v) is 21.0. The van der Waals surface area contributed by atoms with Crippen molar-refractivity contribution in [3.05, 3.63) is 46.5 Å². The molecule has 2 rings (SSSR count). The molecule has 0 heterocycles. The van der Waals surface area contributed by atoms with Crippen LogP contribution in [0.1, 0.15) is 25.0 Å². The minimum atomic E-state index is -0.791. The summed E-state index contributed by atoms with van der Waals surface area (Å²) in [5.41, 5.74) is 0.494. The fraction of sp³-hybridized carbons (Fsp3) is 0.308. The number of hydrogen-bond acceptors (Lipinski definition) is 10. The van der Waals surface area contributed by atoms with Gasteiger partial charge < -0.3 is 38.6 Å². The average Bonchev–Trinajstić information content (AvgIpc) is 2.87. The predicted molar refractivity (Wildman–Crippen MR) is 132 cm³/mol. The second-order valence-corrected chi connectivity index (χ2v) is 7.11. The molecule has 2 aromatic carbocycles. The van der Waals surface area contributed by atoms with Gasteiger partial charge in [-0.3, -0.25) is 0 Å². The Hall–Kier alpha value is -4.34. The van der Waals surface area contributed by atoms with Gasteiger partial charge in [-0.15, -0.1) is 0 Å². The summed E-state index contributed by atoms with van der Waals surface area (Å²) in [5, 5.41) is 20.5. The van der Waals surface area contributed by atoms with Crippen LogP contribution in [0.2, 0.25) is 0 Å². The lowest BCUT2D eigenvalue weighted by molar-refractivity contribution is -0.141. The number of esters is 2. The highest BCUT2D eigenvalue weighted by Gasteiger charge is 2.25. The summed E-state index contributed by atoms with van der Waals surface area (Å²) in [5.74, 6) is -1.64. The number of phenolic OH excluding ortho intramolecular Hbond substituents is 2. The molecule has 10 heteroatoms. The predicted octanol–water partition coefficient (Wildman–Crippen LogP) is 3.73. The molecular weight excluding hydrogens is 472 g/mol. The lowest BCUT2D eigenvalue weighted by Gasteiger charge is -2.14. The molecule has 0 aliphatic heterocycles. The quantitative estimate of drug-likeness (QED) is 0.266. The van der Waals surface area contributed by atoms with E-state index in [0.29, 0.717) is 11.1 Å². The molecule has 0 saturated carbocycles. The van der Waals surface area contributed by atoms with Gasteiger partial charge in [-0.1, -0.05) is 0 Å². The SMILES string of the molecule is CCOC(=O)C(=C/c1cc(OC)c(O)c(OC)c1)/C(=C\c1cc(OC)c(O)c(OC)c1)C(=O)OCC. The first kappa shape index (κ1) is 27.9. The van der Waals surface area contributed by atoms with E-state index < -0.39 is 11.9 Å². The fourth-order valence-corrected chi connectivity index (χ4v) is 3.24. The van der Waals surface area contributed by atoms with Crippen molar-refractivity contribution < 1.29 is 48.2 Å². The normalized spacial score (nSPS) is 11.5. The van der Waals surface area contributed by atoms with E-state index >= 15 is 0 Å². The molecule has 0 saturated heterocycles.